The lowest BCUT2D eigenvalue weighted by molar-refractivity contribution is -0.118. The van der Waals surface area contributed by atoms with Crippen LogP contribution in [0.5, 0.6) is 11.5 Å². The Balaban J connectivity index is 1.51. The van der Waals surface area contributed by atoms with E-state index in [-0.39, 0.29) is 12.5 Å². The highest BCUT2D eigenvalue weighted by atomic mass is 16.5. The molecule has 0 spiro atoms. The van der Waals surface area contributed by atoms with Gasteiger partial charge in [-0.05, 0) is 79.4 Å². The SMILES string of the molecule is COc1cc(C=C(C#N)c2nc3cc(C)c(C)cc3[nH]2)ccc1OCC(=O)Nc1ccccc1C. The number of aromatic nitrogens is 2. The predicted octanol–water partition coefficient (Wildman–Crippen LogP) is 5.58. The van der Waals surface area contributed by atoms with Gasteiger partial charge in [0, 0.05) is 5.69 Å². The van der Waals surface area contributed by atoms with Crippen LogP contribution < -0.4 is 14.8 Å². The van der Waals surface area contributed by atoms with E-state index in [9.17, 15) is 10.1 Å². The number of hydrogen-bond donors (Lipinski definition) is 2. The first-order chi connectivity index (χ1) is 16.9. The molecule has 0 aliphatic heterocycles. The minimum Gasteiger partial charge on any atom is -0.493 e. The number of anilines is 1. The second-order valence-electron chi connectivity index (χ2n) is 8.27. The van der Waals surface area contributed by atoms with Crippen LogP contribution in [0.1, 0.15) is 28.1 Å². The topological polar surface area (TPSA) is 100 Å². The molecule has 4 aromatic rings. The molecule has 2 N–H and O–H groups in total. The van der Waals surface area contributed by atoms with E-state index < -0.39 is 0 Å². The molecule has 0 radical (unpaired) electrons. The number of carbonyl (C=O) groups excluding carboxylic acids is 1. The lowest BCUT2D eigenvalue weighted by atomic mass is 10.1. The van der Waals surface area contributed by atoms with E-state index in [0.29, 0.717) is 22.9 Å². The van der Waals surface area contributed by atoms with Gasteiger partial charge in [-0.1, -0.05) is 24.3 Å². The zero-order chi connectivity index (χ0) is 24.9. The third kappa shape index (κ3) is 5.33. The van der Waals surface area contributed by atoms with Crippen LogP contribution in [0.4, 0.5) is 5.69 Å². The summed E-state index contributed by atoms with van der Waals surface area (Å²) in [5, 5.41) is 12.6. The van der Waals surface area contributed by atoms with Crippen molar-refractivity contribution in [3.63, 3.8) is 0 Å². The number of nitrogens with one attached hydrogen (secondary N) is 2. The monoisotopic (exact) mass is 466 g/mol. The van der Waals surface area contributed by atoms with Crippen molar-refractivity contribution in [3.05, 3.63) is 82.7 Å². The summed E-state index contributed by atoms with van der Waals surface area (Å²) in [6, 6.07) is 19.1. The molecular formula is C28H26N4O3. The highest BCUT2D eigenvalue weighted by Crippen LogP contribution is 2.30. The molecule has 4 rings (SSSR count). The normalized spacial score (nSPS) is 11.2. The van der Waals surface area contributed by atoms with Gasteiger partial charge < -0.3 is 19.8 Å². The number of methoxy groups -OCH3 is 1. The van der Waals surface area contributed by atoms with Crippen LogP contribution in [0.25, 0.3) is 22.7 Å². The fourth-order valence-corrected chi connectivity index (χ4v) is 3.65. The first-order valence-electron chi connectivity index (χ1n) is 11.1. The Bertz CT molecular complexity index is 1440. The van der Waals surface area contributed by atoms with Gasteiger partial charge in [-0.2, -0.15) is 5.26 Å². The van der Waals surface area contributed by atoms with E-state index >= 15 is 0 Å². The molecule has 35 heavy (non-hydrogen) atoms. The lowest BCUT2D eigenvalue weighted by Gasteiger charge is -2.12. The lowest BCUT2D eigenvalue weighted by Crippen LogP contribution is -2.20. The van der Waals surface area contributed by atoms with Gasteiger partial charge in [-0.3, -0.25) is 4.79 Å². The molecule has 0 aliphatic rings. The standard InChI is InChI=1S/C28H26N4O3/c1-17-7-5-6-8-22(17)30-27(33)16-35-25-10-9-20(14-26(25)34-4)13-21(15-29)28-31-23-11-18(2)19(3)12-24(23)32-28/h5-14H,16H2,1-4H3,(H,30,33)(H,31,32). The Hall–Kier alpha value is -4.57. The van der Waals surface area contributed by atoms with Crippen LogP contribution in [-0.4, -0.2) is 29.6 Å². The summed E-state index contributed by atoms with van der Waals surface area (Å²) >= 11 is 0. The van der Waals surface area contributed by atoms with E-state index in [4.69, 9.17) is 9.47 Å². The second kappa shape index (κ2) is 10.1. The number of nitriles is 1. The van der Waals surface area contributed by atoms with E-state index in [1.165, 1.54) is 7.11 Å². The van der Waals surface area contributed by atoms with Gasteiger partial charge >= 0.3 is 0 Å². The quantitative estimate of drug-likeness (QED) is 0.347. The van der Waals surface area contributed by atoms with Crippen molar-refractivity contribution in [1.82, 2.24) is 9.97 Å². The number of nitrogens with zero attached hydrogens (tertiary/aromatic N) is 2. The van der Waals surface area contributed by atoms with Crippen LogP contribution >= 0.6 is 0 Å². The summed E-state index contributed by atoms with van der Waals surface area (Å²) < 4.78 is 11.2. The van der Waals surface area contributed by atoms with Crippen LogP contribution in [-0.2, 0) is 4.79 Å². The minimum atomic E-state index is -0.271. The number of fused-ring (bicyclic) bond motifs is 1. The molecule has 0 unspecified atom stereocenters. The molecule has 3 aromatic carbocycles. The number of para-hydroxylation sites is 1. The first kappa shape index (κ1) is 23.6. The Morgan fingerprint density at radius 2 is 1.83 bits per heavy atom. The molecule has 0 aliphatic carbocycles. The molecule has 1 heterocycles. The van der Waals surface area contributed by atoms with Gasteiger partial charge in [0.25, 0.3) is 5.91 Å². The van der Waals surface area contributed by atoms with Crippen molar-refractivity contribution in [2.45, 2.75) is 20.8 Å². The molecule has 7 nitrogen and oxygen atoms in total. The van der Waals surface area contributed by atoms with Crippen LogP contribution in [0.15, 0.2) is 54.6 Å². The Morgan fingerprint density at radius 3 is 2.57 bits per heavy atom. The maximum absolute atomic E-state index is 12.3. The number of amides is 1. The summed E-state index contributed by atoms with van der Waals surface area (Å²) in [6.45, 7) is 5.83. The third-order valence-electron chi connectivity index (χ3n) is 5.75. The number of benzene rings is 3. The molecule has 1 amide bonds. The minimum absolute atomic E-state index is 0.166. The largest absolute Gasteiger partial charge is 0.493 e. The summed E-state index contributed by atoms with van der Waals surface area (Å²) in [6.07, 6.45) is 1.73. The number of allylic oxidation sites excluding steroid dienone is 1. The van der Waals surface area contributed by atoms with Gasteiger partial charge in [0.1, 0.15) is 11.9 Å². The van der Waals surface area contributed by atoms with E-state index in [2.05, 4.69) is 21.4 Å². The van der Waals surface area contributed by atoms with E-state index in [1.54, 1.807) is 24.3 Å². The van der Waals surface area contributed by atoms with Crippen molar-refractivity contribution in [1.29, 1.82) is 5.26 Å². The van der Waals surface area contributed by atoms with Crippen molar-refractivity contribution in [3.8, 4) is 17.6 Å². The average molecular weight is 467 g/mol. The zero-order valence-corrected chi connectivity index (χ0v) is 20.1. The van der Waals surface area contributed by atoms with Gasteiger partial charge in [0.05, 0.1) is 23.7 Å². The maximum Gasteiger partial charge on any atom is 0.262 e. The van der Waals surface area contributed by atoms with E-state index in [1.807, 2.05) is 57.2 Å². The van der Waals surface area contributed by atoms with E-state index in [0.717, 1.165) is 39.0 Å². The number of aromatic amines is 1. The maximum atomic E-state index is 12.3. The number of H-pyrrole nitrogens is 1. The zero-order valence-electron chi connectivity index (χ0n) is 20.1. The van der Waals surface area contributed by atoms with Crippen LogP contribution in [0.2, 0.25) is 0 Å². The molecule has 0 atom stereocenters. The number of carbonyl (C=O) groups is 1. The molecular weight excluding hydrogens is 440 g/mol. The Kier molecular flexibility index (Phi) is 6.83. The summed E-state index contributed by atoms with van der Waals surface area (Å²) in [5.41, 5.74) is 6.84. The smallest absolute Gasteiger partial charge is 0.262 e. The molecule has 0 fully saturated rings. The first-order valence-corrected chi connectivity index (χ1v) is 11.1. The number of aryl methyl sites for hydroxylation is 3. The van der Waals surface area contributed by atoms with Gasteiger partial charge in [0.2, 0.25) is 0 Å². The van der Waals surface area contributed by atoms with Gasteiger partial charge in [-0.15, -0.1) is 0 Å². The molecule has 176 valence electrons. The van der Waals surface area contributed by atoms with Crippen molar-refractivity contribution in [2.24, 2.45) is 0 Å². The fourth-order valence-electron chi connectivity index (χ4n) is 3.65. The fraction of sp³-hybridized carbons (Fsp3) is 0.179. The number of hydrogen-bond acceptors (Lipinski definition) is 5. The summed E-state index contributed by atoms with van der Waals surface area (Å²) in [7, 11) is 1.53. The third-order valence-corrected chi connectivity index (χ3v) is 5.75. The van der Waals surface area contributed by atoms with Crippen LogP contribution in [0.3, 0.4) is 0 Å². The van der Waals surface area contributed by atoms with Gasteiger partial charge in [0.15, 0.2) is 18.1 Å². The number of ether oxygens (including phenoxy) is 2. The highest BCUT2D eigenvalue weighted by Gasteiger charge is 2.12. The summed E-state index contributed by atoms with van der Waals surface area (Å²) in [4.78, 5) is 20.1. The predicted molar refractivity (Wildman–Crippen MR) is 137 cm³/mol. The molecule has 7 heteroatoms. The summed E-state index contributed by atoms with van der Waals surface area (Å²) in [5.74, 6) is 1.11. The van der Waals surface area contributed by atoms with Crippen molar-refractivity contribution in [2.75, 3.05) is 19.0 Å². The van der Waals surface area contributed by atoms with Crippen LogP contribution in [0, 0.1) is 32.1 Å². The average Bonchev–Trinajstić information content (AvgIpc) is 3.25. The second-order valence-corrected chi connectivity index (χ2v) is 8.27. The number of rotatable bonds is 7. The van der Waals surface area contributed by atoms with Gasteiger partial charge in [-0.25, -0.2) is 4.98 Å². The Morgan fingerprint density at radius 1 is 1.06 bits per heavy atom. The Labute approximate surface area is 204 Å². The van der Waals surface area contributed by atoms with Crippen molar-refractivity contribution >= 4 is 34.3 Å². The molecule has 0 saturated carbocycles. The molecule has 0 bridgehead atoms. The highest BCUT2D eigenvalue weighted by molar-refractivity contribution is 5.93. The molecule has 0 saturated heterocycles. The van der Waals surface area contributed by atoms with Crippen molar-refractivity contribution < 1.29 is 14.3 Å². The molecule has 1 aromatic heterocycles. The number of imidazole rings is 1.